The molecule has 0 fully saturated rings. The third kappa shape index (κ3) is 3.51. The number of hydrogen-bond donors (Lipinski definition) is 1. The fourth-order valence-corrected chi connectivity index (χ4v) is 4.99. The van der Waals surface area contributed by atoms with E-state index in [1.165, 1.54) is 21.8 Å². The summed E-state index contributed by atoms with van der Waals surface area (Å²) in [4.78, 5) is 13.8. The van der Waals surface area contributed by atoms with Crippen LogP contribution in [0, 0.1) is 11.3 Å². The summed E-state index contributed by atoms with van der Waals surface area (Å²) >= 11 is 1.54. The van der Waals surface area contributed by atoms with Crippen molar-refractivity contribution < 1.29 is 9.53 Å². The zero-order valence-corrected chi connectivity index (χ0v) is 16.4. The van der Waals surface area contributed by atoms with Gasteiger partial charge in [-0.3, -0.25) is 4.79 Å². The highest BCUT2D eigenvalue weighted by atomic mass is 32.1. The van der Waals surface area contributed by atoms with Crippen molar-refractivity contribution in [3.63, 3.8) is 0 Å². The van der Waals surface area contributed by atoms with E-state index in [4.69, 9.17) is 4.74 Å². The molecule has 4 nitrogen and oxygen atoms in total. The molecule has 1 heterocycles. The summed E-state index contributed by atoms with van der Waals surface area (Å²) in [6.45, 7) is 0. The van der Waals surface area contributed by atoms with Gasteiger partial charge in [0.1, 0.15) is 16.8 Å². The Kier molecular flexibility index (Phi) is 5.14. The Balaban J connectivity index is 1.57. The number of nitriles is 1. The van der Waals surface area contributed by atoms with Gasteiger partial charge in [-0.05, 0) is 60.6 Å². The molecule has 3 aromatic rings. The summed E-state index contributed by atoms with van der Waals surface area (Å²) in [5, 5.41) is 13.3. The summed E-state index contributed by atoms with van der Waals surface area (Å²) in [5.41, 5.74) is 3.60. The molecule has 140 valence electrons. The lowest BCUT2D eigenvalue weighted by Gasteiger charge is -2.22. The van der Waals surface area contributed by atoms with E-state index in [1.807, 2.05) is 6.07 Å². The van der Waals surface area contributed by atoms with Gasteiger partial charge in [0.15, 0.2) is 0 Å². The fraction of sp³-hybridized carbons (Fsp3) is 0.217. The van der Waals surface area contributed by atoms with Crippen LogP contribution in [0.25, 0.3) is 0 Å². The van der Waals surface area contributed by atoms with Gasteiger partial charge in [-0.2, -0.15) is 5.26 Å². The van der Waals surface area contributed by atoms with Crippen molar-refractivity contribution in [3.05, 3.63) is 81.7 Å². The first-order valence-electron chi connectivity index (χ1n) is 9.24. The van der Waals surface area contributed by atoms with Crippen molar-refractivity contribution in [2.24, 2.45) is 0 Å². The molecule has 1 atom stereocenters. The zero-order valence-electron chi connectivity index (χ0n) is 15.6. The molecule has 0 radical (unpaired) electrons. The Morgan fingerprint density at radius 2 is 1.93 bits per heavy atom. The minimum atomic E-state index is -0.211. The number of amides is 1. The highest BCUT2D eigenvalue weighted by Gasteiger charge is 2.27. The molecule has 0 saturated carbocycles. The number of methoxy groups -OCH3 is 1. The minimum absolute atomic E-state index is 0.211. The number of nitrogens with zero attached hydrogens (tertiary/aromatic N) is 1. The van der Waals surface area contributed by atoms with E-state index in [9.17, 15) is 10.1 Å². The number of ether oxygens (including phenoxy) is 1. The maximum Gasteiger partial charge on any atom is 0.256 e. The Morgan fingerprint density at radius 1 is 1.18 bits per heavy atom. The Morgan fingerprint density at radius 3 is 2.61 bits per heavy atom. The lowest BCUT2D eigenvalue weighted by Crippen LogP contribution is -2.12. The van der Waals surface area contributed by atoms with Crippen LogP contribution in [0.2, 0.25) is 0 Å². The van der Waals surface area contributed by atoms with Crippen LogP contribution in [0.15, 0.2) is 54.6 Å². The van der Waals surface area contributed by atoms with Gasteiger partial charge < -0.3 is 10.1 Å². The summed E-state index contributed by atoms with van der Waals surface area (Å²) in [6.07, 6.45) is 2.80. The Hall–Kier alpha value is -3.10. The van der Waals surface area contributed by atoms with Crippen LogP contribution in [0.1, 0.15) is 44.3 Å². The third-order valence-electron chi connectivity index (χ3n) is 5.23. The van der Waals surface area contributed by atoms with Crippen LogP contribution in [0.4, 0.5) is 5.00 Å². The molecular formula is C23H20N2O2S. The van der Waals surface area contributed by atoms with E-state index in [1.54, 1.807) is 31.4 Å². The molecule has 0 aliphatic heterocycles. The molecule has 0 bridgehead atoms. The number of benzene rings is 2. The molecule has 1 aromatic heterocycles. The molecule has 1 aliphatic rings. The van der Waals surface area contributed by atoms with E-state index in [0.717, 1.165) is 24.8 Å². The SMILES string of the molecule is COc1ccc(C(=O)Nc2sc3c(c2C#N)CCC(c2ccccc2)C3)cc1. The molecule has 0 spiro atoms. The molecule has 5 heteroatoms. The zero-order chi connectivity index (χ0) is 19.5. The number of anilines is 1. The van der Waals surface area contributed by atoms with Gasteiger partial charge in [0.25, 0.3) is 5.91 Å². The molecule has 1 aliphatic carbocycles. The second kappa shape index (κ2) is 7.87. The number of carbonyl (C=O) groups is 1. The monoisotopic (exact) mass is 388 g/mol. The standard InChI is InChI=1S/C23H20N2O2S/c1-27-18-10-7-16(8-11-18)22(26)25-23-20(14-24)19-12-9-17(13-21(19)28-23)15-5-3-2-4-6-15/h2-8,10-11,17H,9,12-13H2,1H3,(H,25,26). The van der Waals surface area contributed by atoms with E-state index < -0.39 is 0 Å². The van der Waals surface area contributed by atoms with Gasteiger partial charge in [-0.1, -0.05) is 30.3 Å². The van der Waals surface area contributed by atoms with Crippen molar-refractivity contribution in [2.75, 3.05) is 12.4 Å². The van der Waals surface area contributed by atoms with E-state index >= 15 is 0 Å². The summed E-state index contributed by atoms with van der Waals surface area (Å²) < 4.78 is 5.13. The predicted octanol–water partition coefficient (Wildman–Crippen LogP) is 5.15. The highest BCUT2D eigenvalue weighted by Crippen LogP contribution is 2.42. The van der Waals surface area contributed by atoms with Crippen molar-refractivity contribution >= 4 is 22.2 Å². The number of carbonyl (C=O) groups excluding carboxylic acids is 1. The summed E-state index contributed by atoms with van der Waals surface area (Å²) in [5.74, 6) is 0.953. The average Bonchev–Trinajstić information content (AvgIpc) is 3.10. The highest BCUT2D eigenvalue weighted by molar-refractivity contribution is 7.16. The molecular weight excluding hydrogens is 368 g/mol. The lowest BCUT2D eigenvalue weighted by atomic mass is 9.83. The molecule has 1 N–H and O–H groups in total. The maximum atomic E-state index is 12.6. The van der Waals surface area contributed by atoms with E-state index in [-0.39, 0.29) is 5.91 Å². The van der Waals surface area contributed by atoms with Crippen LogP contribution < -0.4 is 10.1 Å². The predicted molar refractivity (Wildman–Crippen MR) is 111 cm³/mol. The molecule has 1 unspecified atom stereocenters. The Bertz CT molecular complexity index is 1030. The number of hydrogen-bond acceptors (Lipinski definition) is 4. The quantitative estimate of drug-likeness (QED) is 0.672. The van der Waals surface area contributed by atoms with Crippen molar-refractivity contribution in [1.82, 2.24) is 0 Å². The smallest absolute Gasteiger partial charge is 0.256 e. The number of nitrogens with one attached hydrogen (secondary N) is 1. The van der Waals surface area contributed by atoms with Gasteiger partial charge in [-0.15, -0.1) is 11.3 Å². The van der Waals surface area contributed by atoms with Gasteiger partial charge in [0.2, 0.25) is 0 Å². The van der Waals surface area contributed by atoms with Crippen molar-refractivity contribution in [2.45, 2.75) is 25.2 Å². The number of thiophene rings is 1. The molecule has 28 heavy (non-hydrogen) atoms. The molecule has 2 aromatic carbocycles. The van der Waals surface area contributed by atoms with E-state index in [0.29, 0.717) is 27.8 Å². The largest absolute Gasteiger partial charge is 0.497 e. The minimum Gasteiger partial charge on any atom is -0.497 e. The summed E-state index contributed by atoms with van der Waals surface area (Å²) in [7, 11) is 1.59. The average molecular weight is 388 g/mol. The van der Waals surface area contributed by atoms with Crippen LogP contribution >= 0.6 is 11.3 Å². The van der Waals surface area contributed by atoms with Crippen molar-refractivity contribution in [1.29, 1.82) is 5.26 Å². The number of fused-ring (bicyclic) bond motifs is 1. The maximum absolute atomic E-state index is 12.6. The third-order valence-corrected chi connectivity index (χ3v) is 6.40. The molecule has 4 rings (SSSR count). The topological polar surface area (TPSA) is 62.1 Å². The van der Waals surface area contributed by atoms with Gasteiger partial charge in [0, 0.05) is 10.4 Å². The van der Waals surface area contributed by atoms with Crippen LogP contribution in [-0.2, 0) is 12.8 Å². The van der Waals surface area contributed by atoms with Gasteiger partial charge >= 0.3 is 0 Å². The first-order valence-corrected chi connectivity index (χ1v) is 10.1. The second-order valence-corrected chi connectivity index (χ2v) is 7.96. The van der Waals surface area contributed by atoms with Gasteiger partial charge in [-0.25, -0.2) is 0 Å². The van der Waals surface area contributed by atoms with Crippen molar-refractivity contribution in [3.8, 4) is 11.8 Å². The fourth-order valence-electron chi connectivity index (χ4n) is 3.72. The normalized spacial score (nSPS) is 15.4. The lowest BCUT2D eigenvalue weighted by molar-refractivity contribution is 0.102. The molecule has 1 amide bonds. The Labute approximate surface area is 168 Å². The number of rotatable bonds is 4. The first kappa shape index (κ1) is 18.3. The van der Waals surface area contributed by atoms with Crippen LogP contribution in [0.5, 0.6) is 5.75 Å². The first-order chi connectivity index (χ1) is 13.7. The van der Waals surface area contributed by atoms with Crippen LogP contribution in [0.3, 0.4) is 0 Å². The van der Waals surface area contributed by atoms with E-state index in [2.05, 4.69) is 35.7 Å². The summed E-state index contributed by atoms with van der Waals surface area (Å²) in [6, 6.07) is 19.8. The molecule has 0 saturated heterocycles. The second-order valence-electron chi connectivity index (χ2n) is 6.85. The van der Waals surface area contributed by atoms with Gasteiger partial charge in [0.05, 0.1) is 12.7 Å². The van der Waals surface area contributed by atoms with Crippen LogP contribution in [-0.4, -0.2) is 13.0 Å².